The van der Waals surface area contributed by atoms with Crippen molar-refractivity contribution >= 4 is 5.91 Å². The van der Waals surface area contributed by atoms with Crippen LogP contribution in [0.4, 0.5) is 4.39 Å². The second kappa shape index (κ2) is 6.02. The summed E-state index contributed by atoms with van der Waals surface area (Å²) in [5, 5.41) is 3.11. The van der Waals surface area contributed by atoms with E-state index in [1.165, 1.54) is 19.2 Å². The first-order chi connectivity index (χ1) is 9.15. The molecule has 0 aromatic heterocycles. The lowest BCUT2D eigenvalue weighted by atomic mass is 10.1. The number of rotatable bonds is 4. The van der Waals surface area contributed by atoms with Crippen LogP contribution in [-0.4, -0.2) is 44.6 Å². The van der Waals surface area contributed by atoms with Crippen LogP contribution >= 0.6 is 0 Å². The maximum atomic E-state index is 13.8. The normalized spacial score (nSPS) is 18.7. The second-order valence-corrected chi connectivity index (χ2v) is 4.81. The number of hydrogen-bond acceptors (Lipinski definition) is 3. The van der Waals surface area contributed by atoms with E-state index >= 15 is 0 Å². The predicted octanol–water partition coefficient (Wildman–Crippen LogP) is 1.52. The SMILES string of the molecule is CNCC1CCN(C(=O)c2ccc(OC)cc2F)C1. The molecule has 4 nitrogen and oxygen atoms in total. The van der Waals surface area contributed by atoms with Crippen molar-refractivity contribution < 1.29 is 13.9 Å². The van der Waals surface area contributed by atoms with Crippen LogP contribution in [0.25, 0.3) is 0 Å². The Hall–Kier alpha value is -1.62. The van der Waals surface area contributed by atoms with Crippen LogP contribution in [0.2, 0.25) is 0 Å². The largest absolute Gasteiger partial charge is 0.497 e. The van der Waals surface area contributed by atoms with Crippen molar-refractivity contribution in [3.05, 3.63) is 29.6 Å². The van der Waals surface area contributed by atoms with Gasteiger partial charge in [0.1, 0.15) is 11.6 Å². The zero-order chi connectivity index (χ0) is 13.8. The van der Waals surface area contributed by atoms with E-state index in [1.54, 1.807) is 11.0 Å². The van der Waals surface area contributed by atoms with Crippen LogP contribution < -0.4 is 10.1 Å². The Morgan fingerprint density at radius 3 is 3.00 bits per heavy atom. The van der Waals surface area contributed by atoms with Gasteiger partial charge in [-0.2, -0.15) is 0 Å². The number of carbonyl (C=O) groups excluding carboxylic acids is 1. The number of hydrogen-bond donors (Lipinski definition) is 1. The Morgan fingerprint density at radius 2 is 2.37 bits per heavy atom. The van der Waals surface area contributed by atoms with Crippen LogP contribution in [0.1, 0.15) is 16.8 Å². The van der Waals surface area contributed by atoms with E-state index in [0.717, 1.165) is 13.0 Å². The molecule has 1 aromatic carbocycles. The molecule has 0 saturated carbocycles. The zero-order valence-corrected chi connectivity index (χ0v) is 11.3. The summed E-state index contributed by atoms with van der Waals surface area (Å²) in [5.74, 6) is 0.110. The summed E-state index contributed by atoms with van der Waals surface area (Å²) in [7, 11) is 3.37. The van der Waals surface area contributed by atoms with E-state index in [-0.39, 0.29) is 11.5 Å². The summed E-state index contributed by atoms with van der Waals surface area (Å²) < 4.78 is 18.8. The summed E-state index contributed by atoms with van der Waals surface area (Å²) in [6.45, 7) is 2.26. The van der Waals surface area contributed by atoms with E-state index in [1.807, 2.05) is 7.05 Å². The highest BCUT2D eigenvalue weighted by molar-refractivity contribution is 5.94. The number of methoxy groups -OCH3 is 1. The van der Waals surface area contributed by atoms with Gasteiger partial charge in [0.25, 0.3) is 5.91 Å². The van der Waals surface area contributed by atoms with Crippen molar-refractivity contribution in [1.29, 1.82) is 0 Å². The highest BCUT2D eigenvalue weighted by Gasteiger charge is 2.27. The standard InChI is InChI=1S/C14H19FN2O2/c1-16-8-10-5-6-17(9-10)14(18)12-4-3-11(19-2)7-13(12)15/h3-4,7,10,16H,5-6,8-9H2,1-2H3. The molecule has 0 spiro atoms. The molecule has 5 heteroatoms. The van der Waals surface area contributed by atoms with Crippen molar-refractivity contribution in [2.45, 2.75) is 6.42 Å². The van der Waals surface area contributed by atoms with Crippen LogP contribution in [0.15, 0.2) is 18.2 Å². The lowest BCUT2D eigenvalue weighted by Gasteiger charge is -2.17. The molecule has 1 aliphatic heterocycles. The molecule has 1 aromatic rings. The van der Waals surface area contributed by atoms with Gasteiger partial charge in [0, 0.05) is 19.2 Å². The molecule has 1 heterocycles. The van der Waals surface area contributed by atoms with Crippen LogP contribution in [0.5, 0.6) is 5.75 Å². The highest BCUT2D eigenvalue weighted by Crippen LogP contribution is 2.21. The van der Waals surface area contributed by atoms with Crippen LogP contribution in [-0.2, 0) is 0 Å². The molecule has 2 rings (SSSR count). The van der Waals surface area contributed by atoms with Crippen LogP contribution in [0, 0.1) is 11.7 Å². The number of halogens is 1. The Balaban J connectivity index is 2.08. The average Bonchev–Trinajstić information content (AvgIpc) is 2.87. The maximum absolute atomic E-state index is 13.8. The van der Waals surface area contributed by atoms with E-state index in [2.05, 4.69) is 5.32 Å². The quantitative estimate of drug-likeness (QED) is 0.898. The number of carbonyl (C=O) groups is 1. The van der Waals surface area contributed by atoms with Crippen molar-refractivity contribution in [3.8, 4) is 5.75 Å². The molecule has 0 radical (unpaired) electrons. The van der Waals surface area contributed by atoms with Gasteiger partial charge in [0.05, 0.1) is 12.7 Å². The third-order valence-electron chi connectivity index (χ3n) is 3.47. The number of ether oxygens (including phenoxy) is 1. The minimum Gasteiger partial charge on any atom is -0.497 e. The lowest BCUT2D eigenvalue weighted by molar-refractivity contribution is 0.0782. The van der Waals surface area contributed by atoms with E-state index in [4.69, 9.17) is 4.74 Å². The molecule has 1 aliphatic rings. The van der Waals surface area contributed by atoms with E-state index < -0.39 is 5.82 Å². The maximum Gasteiger partial charge on any atom is 0.256 e. The lowest BCUT2D eigenvalue weighted by Crippen LogP contribution is -2.30. The minimum atomic E-state index is -0.526. The van der Waals surface area contributed by atoms with Crippen LogP contribution in [0.3, 0.4) is 0 Å². The van der Waals surface area contributed by atoms with Gasteiger partial charge in [-0.05, 0) is 38.1 Å². The first kappa shape index (κ1) is 13.8. The zero-order valence-electron chi connectivity index (χ0n) is 11.3. The Bertz CT molecular complexity index is 465. The van der Waals surface area contributed by atoms with E-state index in [9.17, 15) is 9.18 Å². The molecule has 0 aliphatic carbocycles. The van der Waals surface area contributed by atoms with Gasteiger partial charge >= 0.3 is 0 Å². The Morgan fingerprint density at radius 1 is 1.58 bits per heavy atom. The molecule has 1 saturated heterocycles. The fourth-order valence-corrected chi connectivity index (χ4v) is 2.44. The molecule has 1 amide bonds. The number of benzene rings is 1. The molecule has 1 atom stereocenters. The summed E-state index contributed by atoms with van der Waals surface area (Å²) >= 11 is 0. The third kappa shape index (κ3) is 3.04. The van der Waals surface area contributed by atoms with Gasteiger partial charge in [-0.25, -0.2) is 4.39 Å². The van der Waals surface area contributed by atoms with Gasteiger partial charge in [0.2, 0.25) is 0 Å². The van der Waals surface area contributed by atoms with Crippen molar-refractivity contribution in [1.82, 2.24) is 10.2 Å². The average molecular weight is 266 g/mol. The minimum absolute atomic E-state index is 0.117. The van der Waals surface area contributed by atoms with Crippen molar-refractivity contribution in [2.75, 3.05) is 33.8 Å². The first-order valence-electron chi connectivity index (χ1n) is 6.43. The number of amides is 1. The van der Waals surface area contributed by atoms with Gasteiger partial charge in [-0.15, -0.1) is 0 Å². The van der Waals surface area contributed by atoms with E-state index in [0.29, 0.717) is 24.8 Å². The van der Waals surface area contributed by atoms with Crippen molar-refractivity contribution in [2.24, 2.45) is 5.92 Å². The fraction of sp³-hybridized carbons (Fsp3) is 0.500. The third-order valence-corrected chi connectivity index (χ3v) is 3.47. The molecule has 0 bridgehead atoms. The smallest absolute Gasteiger partial charge is 0.256 e. The highest BCUT2D eigenvalue weighted by atomic mass is 19.1. The Kier molecular flexibility index (Phi) is 4.37. The number of nitrogens with one attached hydrogen (secondary N) is 1. The molecular weight excluding hydrogens is 247 g/mol. The molecule has 19 heavy (non-hydrogen) atoms. The summed E-state index contributed by atoms with van der Waals surface area (Å²) in [6.07, 6.45) is 0.963. The molecule has 104 valence electrons. The predicted molar refractivity (Wildman–Crippen MR) is 70.9 cm³/mol. The summed E-state index contributed by atoms with van der Waals surface area (Å²) in [4.78, 5) is 14.0. The van der Waals surface area contributed by atoms with Gasteiger partial charge in [-0.1, -0.05) is 0 Å². The number of nitrogens with zero attached hydrogens (tertiary/aromatic N) is 1. The first-order valence-corrected chi connectivity index (χ1v) is 6.43. The second-order valence-electron chi connectivity index (χ2n) is 4.81. The van der Waals surface area contributed by atoms with Crippen molar-refractivity contribution in [3.63, 3.8) is 0 Å². The summed E-state index contributed by atoms with van der Waals surface area (Å²) in [6, 6.07) is 4.34. The number of likely N-dealkylation sites (tertiary alicyclic amines) is 1. The molecular formula is C14H19FN2O2. The van der Waals surface area contributed by atoms with Gasteiger partial charge < -0.3 is 15.0 Å². The molecule has 1 fully saturated rings. The van der Waals surface area contributed by atoms with Gasteiger partial charge in [-0.3, -0.25) is 4.79 Å². The monoisotopic (exact) mass is 266 g/mol. The topological polar surface area (TPSA) is 41.6 Å². The summed E-state index contributed by atoms with van der Waals surface area (Å²) in [5.41, 5.74) is 0.117. The fourth-order valence-electron chi connectivity index (χ4n) is 2.44. The Labute approximate surface area is 112 Å². The van der Waals surface area contributed by atoms with Gasteiger partial charge in [0.15, 0.2) is 0 Å². The molecule has 1 unspecified atom stereocenters. The molecule has 1 N–H and O–H groups in total.